The van der Waals surface area contributed by atoms with E-state index in [1.807, 2.05) is 18.2 Å². The molecule has 0 unspecified atom stereocenters. The molecule has 1 N–H and O–H groups in total. The lowest BCUT2D eigenvalue weighted by atomic mass is 10.1. The second kappa shape index (κ2) is 4.02. The number of rotatable bonds is 1. The van der Waals surface area contributed by atoms with E-state index in [1.54, 1.807) is 18.2 Å². The van der Waals surface area contributed by atoms with Crippen LogP contribution in [0.2, 0.25) is 0 Å². The zero-order valence-electron chi connectivity index (χ0n) is 10.8. The van der Waals surface area contributed by atoms with E-state index in [9.17, 15) is 14.0 Å². The lowest BCUT2D eigenvalue weighted by molar-refractivity contribution is 0.100. The van der Waals surface area contributed by atoms with Crippen LogP contribution in [0, 0.1) is 5.95 Å². The summed E-state index contributed by atoms with van der Waals surface area (Å²) in [6.45, 7) is 0. The molecule has 1 aliphatic heterocycles. The van der Waals surface area contributed by atoms with E-state index in [2.05, 4.69) is 4.98 Å². The highest BCUT2D eigenvalue weighted by molar-refractivity contribution is 6.27. The van der Waals surface area contributed by atoms with E-state index in [0.29, 0.717) is 11.3 Å². The topological polar surface area (TPSA) is 53.2 Å². The molecule has 3 aromatic rings. The van der Waals surface area contributed by atoms with Crippen molar-refractivity contribution in [1.82, 2.24) is 4.98 Å². The minimum atomic E-state index is -0.730. The standard InChI is InChI=1S/C16H9FN2O2/c17-13-8-7-12(15(20)18-13)19-11-6-2-4-9-3-1-5-10(14(9)11)16(19)21/h1-8H,(H,18,20). The third kappa shape index (κ3) is 1.54. The molecular formula is C16H9FN2O2. The van der Waals surface area contributed by atoms with Crippen molar-refractivity contribution >= 4 is 28.1 Å². The maximum Gasteiger partial charge on any atom is 0.274 e. The van der Waals surface area contributed by atoms with Gasteiger partial charge >= 0.3 is 0 Å². The molecule has 0 atom stereocenters. The van der Waals surface area contributed by atoms with E-state index in [4.69, 9.17) is 0 Å². The van der Waals surface area contributed by atoms with Crippen LogP contribution in [-0.2, 0) is 0 Å². The highest BCUT2D eigenvalue weighted by atomic mass is 19.1. The lowest BCUT2D eigenvalue weighted by Gasteiger charge is -2.16. The molecule has 102 valence electrons. The number of carbonyl (C=O) groups is 1. The first-order chi connectivity index (χ1) is 10.2. The third-order valence-electron chi connectivity index (χ3n) is 3.65. The molecule has 1 amide bonds. The maximum atomic E-state index is 13.1. The average molecular weight is 280 g/mol. The fourth-order valence-corrected chi connectivity index (χ4v) is 2.77. The van der Waals surface area contributed by atoms with Gasteiger partial charge in [0.1, 0.15) is 5.69 Å². The van der Waals surface area contributed by atoms with Gasteiger partial charge in [-0.3, -0.25) is 19.5 Å². The monoisotopic (exact) mass is 280 g/mol. The molecule has 5 heteroatoms. The first-order valence-electron chi connectivity index (χ1n) is 6.42. The molecule has 2 aromatic carbocycles. The summed E-state index contributed by atoms with van der Waals surface area (Å²) in [5, 5.41) is 1.74. The Balaban J connectivity index is 2.04. The van der Waals surface area contributed by atoms with Crippen molar-refractivity contribution in [1.29, 1.82) is 0 Å². The van der Waals surface area contributed by atoms with E-state index < -0.39 is 11.5 Å². The van der Waals surface area contributed by atoms with Crippen molar-refractivity contribution in [2.75, 3.05) is 4.90 Å². The Bertz CT molecular complexity index is 957. The molecule has 1 aromatic heterocycles. The summed E-state index contributed by atoms with van der Waals surface area (Å²) >= 11 is 0. The second-order valence-electron chi connectivity index (χ2n) is 4.84. The van der Waals surface area contributed by atoms with Crippen LogP contribution in [-0.4, -0.2) is 10.9 Å². The van der Waals surface area contributed by atoms with Gasteiger partial charge in [-0.05, 0) is 29.7 Å². The van der Waals surface area contributed by atoms with Crippen LogP contribution in [0.5, 0.6) is 0 Å². The van der Waals surface area contributed by atoms with Crippen LogP contribution in [0.3, 0.4) is 0 Å². The number of halogens is 1. The molecule has 0 bridgehead atoms. The summed E-state index contributed by atoms with van der Waals surface area (Å²) < 4.78 is 13.1. The van der Waals surface area contributed by atoms with Gasteiger partial charge in [0.15, 0.2) is 5.95 Å². The van der Waals surface area contributed by atoms with Crippen molar-refractivity contribution in [2.45, 2.75) is 0 Å². The number of hydrogen-bond donors (Lipinski definition) is 1. The second-order valence-corrected chi connectivity index (χ2v) is 4.84. The Labute approximate surface area is 118 Å². The number of pyridine rings is 1. The quantitative estimate of drug-likeness (QED) is 0.697. The van der Waals surface area contributed by atoms with Crippen LogP contribution in [0.4, 0.5) is 15.8 Å². The summed E-state index contributed by atoms with van der Waals surface area (Å²) in [5.74, 6) is -1.01. The zero-order valence-corrected chi connectivity index (χ0v) is 10.8. The molecule has 0 aliphatic carbocycles. The summed E-state index contributed by atoms with van der Waals surface area (Å²) in [6, 6.07) is 13.4. The van der Waals surface area contributed by atoms with Gasteiger partial charge in [0, 0.05) is 5.39 Å². The minimum Gasteiger partial charge on any atom is -0.297 e. The molecule has 0 saturated heterocycles. The molecule has 2 heterocycles. The van der Waals surface area contributed by atoms with Gasteiger partial charge in [0.2, 0.25) is 0 Å². The van der Waals surface area contributed by atoms with E-state index in [1.165, 1.54) is 11.0 Å². The minimum absolute atomic E-state index is 0.116. The Kier molecular flexibility index (Phi) is 2.27. The van der Waals surface area contributed by atoms with Crippen LogP contribution in [0.25, 0.3) is 10.8 Å². The number of H-pyrrole nitrogens is 1. The summed E-state index contributed by atoms with van der Waals surface area (Å²) in [5.41, 5.74) is 0.676. The number of nitrogens with one attached hydrogen (secondary N) is 1. The lowest BCUT2D eigenvalue weighted by Crippen LogP contribution is -2.27. The SMILES string of the molecule is O=C1c2cccc3cccc(c23)N1c1ccc(F)[nH]c1=O. The fraction of sp³-hybridized carbons (Fsp3) is 0. The van der Waals surface area contributed by atoms with Crippen LogP contribution >= 0.6 is 0 Å². The van der Waals surface area contributed by atoms with Gasteiger partial charge in [-0.2, -0.15) is 4.39 Å². The van der Waals surface area contributed by atoms with E-state index in [-0.39, 0.29) is 11.6 Å². The number of nitrogens with zero attached hydrogens (tertiary/aromatic N) is 1. The molecule has 4 nitrogen and oxygen atoms in total. The van der Waals surface area contributed by atoms with Crippen molar-refractivity contribution in [3.8, 4) is 0 Å². The van der Waals surface area contributed by atoms with Crippen molar-refractivity contribution in [3.05, 3.63) is 70.4 Å². The number of carbonyl (C=O) groups excluding carboxylic acids is 1. The number of anilines is 2. The zero-order chi connectivity index (χ0) is 14.6. The Morgan fingerprint density at radius 3 is 2.43 bits per heavy atom. The van der Waals surface area contributed by atoms with Gasteiger partial charge in [0.25, 0.3) is 11.5 Å². The highest BCUT2D eigenvalue weighted by Gasteiger charge is 2.32. The largest absolute Gasteiger partial charge is 0.297 e. The number of aromatic amines is 1. The molecule has 0 spiro atoms. The molecule has 0 radical (unpaired) electrons. The van der Waals surface area contributed by atoms with Crippen molar-refractivity contribution in [3.63, 3.8) is 0 Å². The van der Waals surface area contributed by atoms with Gasteiger partial charge in [-0.15, -0.1) is 0 Å². The first kappa shape index (κ1) is 11.8. The summed E-state index contributed by atoms with van der Waals surface area (Å²) in [4.78, 5) is 28.0. The summed E-state index contributed by atoms with van der Waals surface area (Å²) in [6.07, 6.45) is 0. The molecule has 4 rings (SSSR count). The molecule has 1 aliphatic rings. The van der Waals surface area contributed by atoms with Gasteiger partial charge in [-0.1, -0.05) is 24.3 Å². The molecule has 0 saturated carbocycles. The van der Waals surface area contributed by atoms with Crippen molar-refractivity contribution < 1.29 is 9.18 Å². The summed E-state index contributed by atoms with van der Waals surface area (Å²) in [7, 11) is 0. The number of aromatic nitrogens is 1. The first-order valence-corrected chi connectivity index (χ1v) is 6.42. The molecule has 21 heavy (non-hydrogen) atoms. The predicted molar refractivity (Wildman–Crippen MR) is 77.4 cm³/mol. The van der Waals surface area contributed by atoms with Crippen molar-refractivity contribution in [2.24, 2.45) is 0 Å². The Morgan fingerprint density at radius 1 is 0.905 bits per heavy atom. The molecule has 0 fully saturated rings. The Hall–Kier alpha value is -2.95. The van der Waals surface area contributed by atoms with Gasteiger partial charge < -0.3 is 0 Å². The number of benzene rings is 2. The number of amides is 1. The third-order valence-corrected chi connectivity index (χ3v) is 3.65. The normalized spacial score (nSPS) is 13.2. The Morgan fingerprint density at radius 2 is 1.67 bits per heavy atom. The van der Waals surface area contributed by atoms with Gasteiger partial charge in [-0.25, -0.2) is 0 Å². The van der Waals surface area contributed by atoms with Crippen LogP contribution in [0.1, 0.15) is 10.4 Å². The van der Waals surface area contributed by atoms with Crippen LogP contribution in [0.15, 0.2) is 53.3 Å². The highest BCUT2D eigenvalue weighted by Crippen LogP contribution is 2.40. The van der Waals surface area contributed by atoms with E-state index >= 15 is 0 Å². The molecular weight excluding hydrogens is 271 g/mol. The fourth-order valence-electron chi connectivity index (χ4n) is 2.77. The maximum absolute atomic E-state index is 13.1. The smallest absolute Gasteiger partial charge is 0.274 e. The number of hydrogen-bond acceptors (Lipinski definition) is 2. The van der Waals surface area contributed by atoms with Gasteiger partial charge in [0.05, 0.1) is 11.3 Å². The predicted octanol–water partition coefficient (Wildman–Crippen LogP) is 2.96. The van der Waals surface area contributed by atoms with Crippen LogP contribution < -0.4 is 10.5 Å². The van der Waals surface area contributed by atoms with E-state index in [0.717, 1.165) is 16.8 Å². The average Bonchev–Trinajstić information content (AvgIpc) is 2.75.